The molecular formula is C25H21FN2O2. The van der Waals surface area contributed by atoms with Gasteiger partial charge >= 0.3 is 0 Å². The minimum absolute atomic E-state index is 0.226. The van der Waals surface area contributed by atoms with Gasteiger partial charge in [0.2, 0.25) is 5.89 Å². The van der Waals surface area contributed by atoms with Gasteiger partial charge in [0.05, 0.1) is 11.8 Å². The van der Waals surface area contributed by atoms with Crippen molar-refractivity contribution < 1.29 is 13.6 Å². The first-order valence-corrected chi connectivity index (χ1v) is 9.78. The van der Waals surface area contributed by atoms with Gasteiger partial charge in [-0.3, -0.25) is 4.79 Å². The second-order valence-electron chi connectivity index (χ2n) is 7.00. The van der Waals surface area contributed by atoms with E-state index in [9.17, 15) is 9.18 Å². The van der Waals surface area contributed by atoms with E-state index >= 15 is 0 Å². The average molecular weight is 400 g/mol. The SMILES string of the molecule is CCc1cccc(C)c1NC(=O)c1ccccc1-c1ncc(-c2ccc(F)cc2)o1. The number of carbonyl (C=O) groups excluding carboxylic acids is 1. The molecule has 3 aromatic carbocycles. The first-order valence-electron chi connectivity index (χ1n) is 9.78. The molecule has 0 saturated heterocycles. The van der Waals surface area contributed by atoms with E-state index in [-0.39, 0.29) is 11.7 Å². The lowest BCUT2D eigenvalue weighted by Gasteiger charge is -2.14. The Hall–Kier alpha value is -3.73. The molecule has 0 aliphatic carbocycles. The summed E-state index contributed by atoms with van der Waals surface area (Å²) in [7, 11) is 0. The van der Waals surface area contributed by atoms with Crippen LogP contribution in [0, 0.1) is 12.7 Å². The molecule has 4 nitrogen and oxygen atoms in total. The van der Waals surface area contributed by atoms with E-state index < -0.39 is 0 Å². The molecule has 1 heterocycles. The van der Waals surface area contributed by atoms with Crippen LogP contribution in [0.3, 0.4) is 0 Å². The topological polar surface area (TPSA) is 55.1 Å². The van der Waals surface area contributed by atoms with E-state index in [1.165, 1.54) is 12.1 Å². The Labute approximate surface area is 174 Å². The van der Waals surface area contributed by atoms with Gasteiger partial charge in [0.15, 0.2) is 5.76 Å². The molecule has 0 saturated carbocycles. The van der Waals surface area contributed by atoms with E-state index in [2.05, 4.69) is 17.2 Å². The van der Waals surface area contributed by atoms with Crippen molar-refractivity contribution in [2.24, 2.45) is 0 Å². The molecule has 0 spiro atoms. The third-order valence-corrected chi connectivity index (χ3v) is 5.02. The van der Waals surface area contributed by atoms with Crippen LogP contribution >= 0.6 is 0 Å². The summed E-state index contributed by atoms with van der Waals surface area (Å²) in [4.78, 5) is 17.5. The number of rotatable bonds is 5. The smallest absolute Gasteiger partial charge is 0.256 e. The number of para-hydroxylation sites is 1. The van der Waals surface area contributed by atoms with Gasteiger partial charge in [-0.15, -0.1) is 0 Å². The Bertz CT molecular complexity index is 1200. The van der Waals surface area contributed by atoms with E-state index in [1.54, 1.807) is 36.5 Å². The number of aryl methyl sites for hydroxylation is 2. The molecule has 0 aliphatic heterocycles. The summed E-state index contributed by atoms with van der Waals surface area (Å²) in [6, 6.07) is 19.1. The molecule has 0 atom stereocenters. The van der Waals surface area contributed by atoms with Crippen molar-refractivity contribution in [3.05, 3.63) is 95.4 Å². The first kappa shape index (κ1) is 19.6. The maximum atomic E-state index is 13.2. The monoisotopic (exact) mass is 400 g/mol. The zero-order valence-electron chi connectivity index (χ0n) is 16.8. The maximum Gasteiger partial charge on any atom is 0.256 e. The second-order valence-corrected chi connectivity index (χ2v) is 7.00. The van der Waals surface area contributed by atoms with E-state index in [4.69, 9.17) is 4.42 Å². The summed E-state index contributed by atoms with van der Waals surface area (Å²) >= 11 is 0. The summed E-state index contributed by atoms with van der Waals surface area (Å²) in [5, 5.41) is 3.05. The fraction of sp³-hybridized carbons (Fsp3) is 0.120. The summed E-state index contributed by atoms with van der Waals surface area (Å²) in [6.45, 7) is 4.03. The molecule has 4 aromatic rings. The Morgan fingerprint density at radius 1 is 1.03 bits per heavy atom. The molecule has 0 aliphatic rings. The van der Waals surface area contributed by atoms with Crippen molar-refractivity contribution >= 4 is 11.6 Å². The Morgan fingerprint density at radius 2 is 1.80 bits per heavy atom. The van der Waals surface area contributed by atoms with E-state index in [1.807, 2.05) is 31.2 Å². The van der Waals surface area contributed by atoms with Crippen LogP contribution in [0.2, 0.25) is 0 Å². The summed E-state index contributed by atoms with van der Waals surface area (Å²) in [5.41, 5.74) is 4.69. The van der Waals surface area contributed by atoms with Crippen LogP contribution in [-0.4, -0.2) is 10.9 Å². The molecule has 0 radical (unpaired) electrons. The van der Waals surface area contributed by atoms with E-state index in [0.717, 1.165) is 23.2 Å². The number of aromatic nitrogens is 1. The number of hydrogen-bond acceptors (Lipinski definition) is 3. The fourth-order valence-corrected chi connectivity index (χ4v) is 3.40. The van der Waals surface area contributed by atoms with Gasteiger partial charge < -0.3 is 9.73 Å². The average Bonchev–Trinajstić information content (AvgIpc) is 3.25. The van der Waals surface area contributed by atoms with Crippen molar-refractivity contribution in [1.82, 2.24) is 4.98 Å². The van der Waals surface area contributed by atoms with Crippen LogP contribution in [0.4, 0.5) is 10.1 Å². The number of carbonyl (C=O) groups is 1. The van der Waals surface area contributed by atoms with Gasteiger partial charge in [0.25, 0.3) is 5.91 Å². The standard InChI is InChI=1S/C25H21FN2O2/c1-3-17-8-6-7-16(2)23(17)28-24(29)20-9-4-5-10-21(20)25-27-15-22(30-25)18-11-13-19(26)14-12-18/h4-15H,3H2,1-2H3,(H,28,29). The van der Waals surface area contributed by atoms with Gasteiger partial charge in [0.1, 0.15) is 5.82 Å². The highest BCUT2D eigenvalue weighted by Gasteiger charge is 2.18. The molecule has 4 rings (SSSR count). The van der Waals surface area contributed by atoms with Crippen LogP contribution in [0.15, 0.2) is 77.3 Å². The molecular weight excluding hydrogens is 379 g/mol. The first-order chi connectivity index (χ1) is 14.6. The highest BCUT2D eigenvalue weighted by atomic mass is 19.1. The molecule has 0 unspecified atom stereocenters. The molecule has 0 bridgehead atoms. The van der Waals surface area contributed by atoms with Crippen LogP contribution in [0.5, 0.6) is 0 Å². The molecule has 30 heavy (non-hydrogen) atoms. The van der Waals surface area contributed by atoms with Gasteiger partial charge in [-0.2, -0.15) is 0 Å². The predicted octanol–water partition coefficient (Wildman–Crippen LogP) is 6.27. The highest BCUT2D eigenvalue weighted by Crippen LogP contribution is 2.29. The zero-order chi connectivity index (χ0) is 21.1. The van der Waals surface area contributed by atoms with Crippen molar-refractivity contribution in [2.45, 2.75) is 20.3 Å². The molecule has 1 N–H and O–H groups in total. The number of anilines is 1. The highest BCUT2D eigenvalue weighted by molar-refractivity contribution is 6.08. The number of amides is 1. The fourth-order valence-electron chi connectivity index (χ4n) is 3.40. The Balaban J connectivity index is 1.67. The van der Waals surface area contributed by atoms with Gasteiger partial charge in [0, 0.05) is 16.8 Å². The van der Waals surface area contributed by atoms with Crippen molar-refractivity contribution in [1.29, 1.82) is 0 Å². The minimum atomic E-state index is -0.317. The predicted molar refractivity (Wildman–Crippen MR) is 116 cm³/mol. The quantitative estimate of drug-likeness (QED) is 0.429. The van der Waals surface area contributed by atoms with E-state index in [0.29, 0.717) is 28.3 Å². The lowest BCUT2D eigenvalue weighted by Crippen LogP contribution is -2.15. The van der Waals surface area contributed by atoms with Gasteiger partial charge in [-0.1, -0.05) is 37.3 Å². The van der Waals surface area contributed by atoms with Gasteiger partial charge in [-0.25, -0.2) is 9.37 Å². The molecule has 1 amide bonds. The van der Waals surface area contributed by atoms with Crippen LogP contribution < -0.4 is 5.32 Å². The molecule has 5 heteroatoms. The van der Waals surface area contributed by atoms with Crippen molar-refractivity contribution in [3.63, 3.8) is 0 Å². The Kier molecular flexibility index (Phi) is 5.44. The Morgan fingerprint density at radius 3 is 2.57 bits per heavy atom. The molecule has 1 aromatic heterocycles. The lowest BCUT2D eigenvalue weighted by atomic mass is 10.0. The summed E-state index contributed by atoms with van der Waals surface area (Å²) < 4.78 is 19.1. The minimum Gasteiger partial charge on any atom is -0.436 e. The number of nitrogens with zero attached hydrogens (tertiary/aromatic N) is 1. The van der Waals surface area contributed by atoms with Gasteiger partial charge in [-0.05, 0) is 60.9 Å². The number of benzene rings is 3. The number of nitrogens with one attached hydrogen (secondary N) is 1. The third kappa shape index (κ3) is 3.87. The molecule has 150 valence electrons. The summed E-state index contributed by atoms with van der Waals surface area (Å²) in [6.07, 6.45) is 2.40. The van der Waals surface area contributed by atoms with Crippen LogP contribution in [0.25, 0.3) is 22.8 Å². The normalized spacial score (nSPS) is 10.8. The number of hydrogen-bond donors (Lipinski definition) is 1. The lowest BCUT2D eigenvalue weighted by molar-refractivity contribution is 0.102. The van der Waals surface area contributed by atoms with Crippen molar-refractivity contribution in [3.8, 4) is 22.8 Å². The van der Waals surface area contributed by atoms with Crippen molar-refractivity contribution in [2.75, 3.05) is 5.32 Å². The maximum absolute atomic E-state index is 13.2. The van der Waals surface area contributed by atoms with Crippen LogP contribution in [-0.2, 0) is 6.42 Å². The summed E-state index contributed by atoms with van der Waals surface area (Å²) in [5.74, 6) is 0.298. The largest absolute Gasteiger partial charge is 0.436 e. The zero-order valence-corrected chi connectivity index (χ0v) is 16.8. The molecule has 0 fully saturated rings. The number of halogens is 1. The second kappa shape index (κ2) is 8.33. The number of oxazole rings is 1. The third-order valence-electron chi connectivity index (χ3n) is 5.02. The van der Waals surface area contributed by atoms with Crippen LogP contribution in [0.1, 0.15) is 28.4 Å².